The van der Waals surface area contributed by atoms with Gasteiger partial charge in [-0.25, -0.2) is 0 Å². The van der Waals surface area contributed by atoms with Crippen molar-refractivity contribution in [2.45, 2.75) is 18.9 Å². The highest BCUT2D eigenvalue weighted by Gasteiger charge is 2.19. The normalized spacial score (nSPS) is 18.3. The molecule has 1 aliphatic heterocycles. The lowest BCUT2D eigenvalue weighted by molar-refractivity contribution is -0.122. The van der Waals surface area contributed by atoms with Crippen molar-refractivity contribution in [3.05, 3.63) is 30.3 Å². The molecule has 0 bridgehead atoms. The Bertz CT molecular complexity index is 431. The Kier molecular flexibility index (Phi) is 8.89. The molecule has 5 nitrogen and oxygen atoms in total. The minimum absolute atomic E-state index is 0. The van der Waals surface area contributed by atoms with Crippen molar-refractivity contribution in [3.8, 4) is 5.75 Å². The summed E-state index contributed by atoms with van der Waals surface area (Å²) in [5, 5.41) is 6.19. The Morgan fingerprint density at radius 1 is 1.36 bits per heavy atom. The van der Waals surface area contributed by atoms with Gasteiger partial charge in [-0.15, -0.1) is 12.4 Å². The smallest absolute Gasteiger partial charge is 0.234 e. The van der Waals surface area contributed by atoms with Gasteiger partial charge in [0.2, 0.25) is 5.91 Å². The minimum Gasteiger partial charge on any atom is -0.492 e. The zero-order valence-electron chi connectivity index (χ0n) is 13.1. The van der Waals surface area contributed by atoms with Crippen molar-refractivity contribution in [1.82, 2.24) is 15.5 Å². The van der Waals surface area contributed by atoms with Crippen molar-refractivity contribution in [2.75, 3.05) is 39.8 Å². The van der Waals surface area contributed by atoms with Crippen LogP contribution in [-0.4, -0.2) is 56.7 Å². The van der Waals surface area contributed by atoms with E-state index in [1.807, 2.05) is 37.4 Å². The van der Waals surface area contributed by atoms with Gasteiger partial charge in [0.05, 0.1) is 13.1 Å². The monoisotopic (exact) mass is 327 g/mol. The molecule has 1 aromatic carbocycles. The highest BCUT2D eigenvalue weighted by molar-refractivity contribution is 5.85. The molecule has 22 heavy (non-hydrogen) atoms. The SMILES string of the molecule is CNC1CCCN(CC(=O)NCCOc2ccccc2)C1.Cl. The van der Waals surface area contributed by atoms with E-state index in [1.54, 1.807) is 0 Å². The number of nitrogens with zero attached hydrogens (tertiary/aromatic N) is 1. The predicted molar refractivity (Wildman–Crippen MR) is 90.7 cm³/mol. The zero-order chi connectivity index (χ0) is 14.9. The van der Waals surface area contributed by atoms with Crippen molar-refractivity contribution in [2.24, 2.45) is 0 Å². The number of likely N-dealkylation sites (tertiary alicyclic amines) is 1. The Morgan fingerprint density at radius 3 is 2.86 bits per heavy atom. The summed E-state index contributed by atoms with van der Waals surface area (Å²) in [6, 6.07) is 10.1. The molecule has 1 unspecified atom stereocenters. The number of nitrogens with one attached hydrogen (secondary N) is 2. The number of piperidine rings is 1. The molecular weight excluding hydrogens is 302 g/mol. The van der Waals surface area contributed by atoms with Gasteiger partial charge in [0, 0.05) is 12.6 Å². The number of likely N-dealkylation sites (N-methyl/N-ethyl adjacent to an activating group) is 1. The minimum atomic E-state index is 0. The summed E-state index contributed by atoms with van der Waals surface area (Å²) in [5.41, 5.74) is 0. The van der Waals surface area contributed by atoms with Crippen molar-refractivity contribution in [3.63, 3.8) is 0 Å². The second-order valence-corrected chi connectivity index (χ2v) is 5.37. The summed E-state index contributed by atoms with van der Waals surface area (Å²) < 4.78 is 5.54. The molecule has 1 heterocycles. The Hall–Kier alpha value is -1.30. The molecule has 0 saturated carbocycles. The Balaban J connectivity index is 0.00000242. The van der Waals surface area contributed by atoms with Crippen molar-refractivity contribution >= 4 is 18.3 Å². The maximum atomic E-state index is 11.9. The molecule has 0 radical (unpaired) electrons. The molecule has 1 aliphatic rings. The molecule has 2 rings (SSSR count). The van der Waals surface area contributed by atoms with Crippen LogP contribution >= 0.6 is 12.4 Å². The number of halogens is 1. The largest absolute Gasteiger partial charge is 0.492 e. The molecule has 1 fully saturated rings. The second kappa shape index (κ2) is 10.4. The predicted octanol–water partition coefficient (Wildman–Crippen LogP) is 1.29. The van der Waals surface area contributed by atoms with E-state index in [9.17, 15) is 4.79 Å². The third kappa shape index (κ3) is 6.64. The van der Waals surface area contributed by atoms with E-state index in [0.717, 1.165) is 25.3 Å². The molecule has 1 amide bonds. The summed E-state index contributed by atoms with van der Waals surface area (Å²) in [6.07, 6.45) is 2.34. The standard InChI is InChI=1S/C16H25N3O2.ClH/c1-17-14-6-5-10-19(12-14)13-16(20)18-9-11-21-15-7-3-2-4-8-15;/h2-4,7-8,14,17H,5-6,9-13H2,1H3,(H,18,20);1H. The fourth-order valence-electron chi connectivity index (χ4n) is 2.57. The number of amides is 1. The van der Waals surface area contributed by atoms with Gasteiger partial charge in [-0.05, 0) is 38.6 Å². The molecule has 1 atom stereocenters. The number of rotatable bonds is 7. The van der Waals surface area contributed by atoms with Crippen LogP contribution in [0.2, 0.25) is 0 Å². The van der Waals surface area contributed by atoms with Crippen LogP contribution in [0, 0.1) is 0 Å². The maximum Gasteiger partial charge on any atom is 0.234 e. The van der Waals surface area contributed by atoms with Crippen LogP contribution in [0.1, 0.15) is 12.8 Å². The first kappa shape index (κ1) is 18.7. The summed E-state index contributed by atoms with van der Waals surface area (Å²) in [6.45, 7) is 3.46. The summed E-state index contributed by atoms with van der Waals surface area (Å²) >= 11 is 0. The number of para-hydroxylation sites is 1. The van der Waals surface area contributed by atoms with E-state index < -0.39 is 0 Å². The molecule has 0 spiro atoms. The molecule has 0 aliphatic carbocycles. The Labute approximate surface area is 138 Å². The molecule has 0 aromatic heterocycles. The van der Waals surface area contributed by atoms with Gasteiger partial charge in [0.25, 0.3) is 0 Å². The van der Waals surface area contributed by atoms with Gasteiger partial charge < -0.3 is 15.4 Å². The molecule has 6 heteroatoms. The van der Waals surface area contributed by atoms with Crippen LogP contribution in [0.25, 0.3) is 0 Å². The van der Waals surface area contributed by atoms with Crippen molar-refractivity contribution in [1.29, 1.82) is 0 Å². The lowest BCUT2D eigenvalue weighted by atomic mass is 10.1. The van der Waals surface area contributed by atoms with E-state index >= 15 is 0 Å². The van der Waals surface area contributed by atoms with Gasteiger partial charge in [-0.2, -0.15) is 0 Å². The summed E-state index contributed by atoms with van der Waals surface area (Å²) in [7, 11) is 1.98. The lowest BCUT2D eigenvalue weighted by Crippen LogP contribution is -2.48. The van der Waals surface area contributed by atoms with Crippen LogP contribution in [0.4, 0.5) is 0 Å². The van der Waals surface area contributed by atoms with E-state index in [4.69, 9.17) is 4.74 Å². The van der Waals surface area contributed by atoms with Crippen LogP contribution in [0.15, 0.2) is 30.3 Å². The van der Waals surface area contributed by atoms with E-state index in [1.165, 1.54) is 6.42 Å². The third-order valence-electron chi connectivity index (χ3n) is 3.72. The Morgan fingerprint density at radius 2 is 2.14 bits per heavy atom. The van der Waals surface area contributed by atoms with Crippen molar-refractivity contribution < 1.29 is 9.53 Å². The van der Waals surface area contributed by atoms with Crippen LogP contribution in [-0.2, 0) is 4.79 Å². The topological polar surface area (TPSA) is 53.6 Å². The number of carbonyl (C=O) groups is 1. The first-order chi connectivity index (χ1) is 10.3. The van der Waals surface area contributed by atoms with E-state index in [2.05, 4.69) is 15.5 Å². The quantitative estimate of drug-likeness (QED) is 0.741. The third-order valence-corrected chi connectivity index (χ3v) is 3.72. The first-order valence-corrected chi connectivity index (χ1v) is 7.62. The lowest BCUT2D eigenvalue weighted by Gasteiger charge is -2.31. The van der Waals surface area contributed by atoms with Gasteiger partial charge in [0.15, 0.2) is 0 Å². The highest BCUT2D eigenvalue weighted by atomic mass is 35.5. The van der Waals surface area contributed by atoms with E-state index in [-0.39, 0.29) is 18.3 Å². The molecule has 1 aromatic rings. The van der Waals surface area contributed by atoms with Gasteiger partial charge in [-0.3, -0.25) is 9.69 Å². The van der Waals surface area contributed by atoms with Crippen LogP contribution in [0.5, 0.6) is 5.75 Å². The molecule has 2 N–H and O–H groups in total. The van der Waals surface area contributed by atoms with E-state index in [0.29, 0.717) is 25.7 Å². The number of carbonyl (C=O) groups excluding carboxylic acids is 1. The van der Waals surface area contributed by atoms with Crippen LogP contribution < -0.4 is 15.4 Å². The summed E-state index contributed by atoms with van der Waals surface area (Å²) in [4.78, 5) is 14.1. The summed E-state index contributed by atoms with van der Waals surface area (Å²) in [5.74, 6) is 0.906. The fraction of sp³-hybridized carbons (Fsp3) is 0.562. The number of hydrogen-bond donors (Lipinski definition) is 2. The van der Waals surface area contributed by atoms with Gasteiger partial charge in [0.1, 0.15) is 12.4 Å². The number of ether oxygens (including phenoxy) is 1. The van der Waals surface area contributed by atoms with Gasteiger partial charge >= 0.3 is 0 Å². The average Bonchev–Trinajstić information content (AvgIpc) is 2.53. The number of hydrogen-bond acceptors (Lipinski definition) is 4. The highest BCUT2D eigenvalue weighted by Crippen LogP contribution is 2.09. The second-order valence-electron chi connectivity index (χ2n) is 5.37. The van der Waals surface area contributed by atoms with Gasteiger partial charge in [-0.1, -0.05) is 18.2 Å². The fourth-order valence-corrected chi connectivity index (χ4v) is 2.57. The number of benzene rings is 1. The average molecular weight is 328 g/mol. The molecule has 1 saturated heterocycles. The maximum absolute atomic E-state index is 11.9. The first-order valence-electron chi connectivity index (χ1n) is 7.62. The van der Waals surface area contributed by atoms with Crippen LogP contribution in [0.3, 0.4) is 0 Å². The molecule has 124 valence electrons. The zero-order valence-corrected chi connectivity index (χ0v) is 13.9. The molecular formula is C16H26ClN3O2.